The Bertz CT molecular complexity index is 593. The number of aliphatic carboxylic acids is 1. The van der Waals surface area contributed by atoms with Crippen LogP contribution in [0.4, 0.5) is 5.69 Å². The number of rotatable bonds is 3. The van der Waals surface area contributed by atoms with Gasteiger partial charge in [0.05, 0.1) is 11.8 Å². The topological polar surface area (TPSA) is 66.4 Å². The van der Waals surface area contributed by atoms with Gasteiger partial charge in [0.2, 0.25) is 5.91 Å². The van der Waals surface area contributed by atoms with Crippen LogP contribution >= 0.6 is 0 Å². The lowest BCUT2D eigenvalue weighted by Gasteiger charge is -2.23. The van der Waals surface area contributed by atoms with Gasteiger partial charge >= 0.3 is 5.97 Å². The zero-order valence-corrected chi connectivity index (χ0v) is 11.2. The van der Waals surface area contributed by atoms with E-state index in [1.54, 1.807) is 0 Å². The molecule has 1 saturated carbocycles. The van der Waals surface area contributed by atoms with Crippen LogP contribution in [0.1, 0.15) is 12.0 Å². The molecule has 1 aromatic carbocycles. The summed E-state index contributed by atoms with van der Waals surface area (Å²) >= 11 is 0. The van der Waals surface area contributed by atoms with Crippen molar-refractivity contribution in [3.05, 3.63) is 42.0 Å². The summed E-state index contributed by atoms with van der Waals surface area (Å²) in [6, 6.07) is 7.54. The van der Waals surface area contributed by atoms with Gasteiger partial charge in [-0.15, -0.1) is 0 Å². The van der Waals surface area contributed by atoms with Gasteiger partial charge in [-0.3, -0.25) is 9.59 Å². The summed E-state index contributed by atoms with van der Waals surface area (Å²) in [5.41, 5.74) is 1.79. The first-order valence-electron chi connectivity index (χ1n) is 6.85. The Labute approximate surface area is 117 Å². The first-order chi connectivity index (χ1) is 9.56. The summed E-state index contributed by atoms with van der Waals surface area (Å²) in [7, 11) is 0. The number of allylic oxidation sites excluding steroid dienone is 2. The van der Waals surface area contributed by atoms with Crippen molar-refractivity contribution in [2.75, 3.05) is 5.32 Å². The van der Waals surface area contributed by atoms with Crippen LogP contribution in [0.5, 0.6) is 0 Å². The molecule has 0 saturated heterocycles. The molecule has 0 unspecified atom stereocenters. The van der Waals surface area contributed by atoms with E-state index in [1.807, 2.05) is 43.3 Å². The molecule has 2 bridgehead atoms. The second-order valence-electron chi connectivity index (χ2n) is 5.70. The fourth-order valence-electron chi connectivity index (χ4n) is 3.46. The average Bonchev–Trinajstić information content (AvgIpc) is 2.98. The first kappa shape index (κ1) is 12.9. The molecule has 20 heavy (non-hydrogen) atoms. The van der Waals surface area contributed by atoms with Gasteiger partial charge in [-0.25, -0.2) is 0 Å². The van der Waals surface area contributed by atoms with E-state index in [9.17, 15) is 14.7 Å². The number of benzene rings is 1. The van der Waals surface area contributed by atoms with Gasteiger partial charge < -0.3 is 10.4 Å². The molecule has 0 radical (unpaired) electrons. The monoisotopic (exact) mass is 271 g/mol. The highest BCUT2D eigenvalue weighted by Crippen LogP contribution is 2.48. The third-order valence-corrected chi connectivity index (χ3v) is 4.33. The van der Waals surface area contributed by atoms with E-state index >= 15 is 0 Å². The molecule has 104 valence electrons. The van der Waals surface area contributed by atoms with Crippen LogP contribution in [0.2, 0.25) is 0 Å². The largest absolute Gasteiger partial charge is 0.481 e. The minimum Gasteiger partial charge on any atom is -0.481 e. The highest BCUT2D eigenvalue weighted by molar-refractivity contribution is 5.96. The Hall–Kier alpha value is -2.10. The Kier molecular flexibility index (Phi) is 3.08. The van der Waals surface area contributed by atoms with Gasteiger partial charge in [0.15, 0.2) is 0 Å². The summed E-state index contributed by atoms with van der Waals surface area (Å²) in [4.78, 5) is 23.8. The summed E-state index contributed by atoms with van der Waals surface area (Å²) < 4.78 is 0. The molecular weight excluding hydrogens is 254 g/mol. The normalized spacial score (nSPS) is 30.4. The minimum atomic E-state index is -0.869. The van der Waals surface area contributed by atoms with E-state index in [2.05, 4.69) is 5.32 Å². The molecule has 2 aliphatic carbocycles. The van der Waals surface area contributed by atoms with Gasteiger partial charge in [-0.05, 0) is 42.9 Å². The van der Waals surface area contributed by atoms with Gasteiger partial charge in [0.1, 0.15) is 0 Å². The number of fused-ring (bicyclic) bond motifs is 2. The van der Waals surface area contributed by atoms with Crippen LogP contribution < -0.4 is 5.32 Å². The Morgan fingerprint density at radius 3 is 2.55 bits per heavy atom. The molecule has 4 atom stereocenters. The maximum atomic E-state index is 12.4. The summed E-state index contributed by atoms with van der Waals surface area (Å²) in [5, 5.41) is 12.2. The van der Waals surface area contributed by atoms with Crippen LogP contribution in [0.15, 0.2) is 36.4 Å². The summed E-state index contributed by atoms with van der Waals surface area (Å²) in [6.45, 7) is 1.95. The van der Waals surface area contributed by atoms with Crippen molar-refractivity contribution < 1.29 is 14.7 Å². The maximum Gasteiger partial charge on any atom is 0.307 e. The molecule has 0 spiro atoms. The number of carbonyl (C=O) groups is 2. The van der Waals surface area contributed by atoms with Crippen molar-refractivity contribution in [2.24, 2.45) is 23.7 Å². The Morgan fingerprint density at radius 1 is 1.20 bits per heavy atom. The van der Waals surface area contributed by atoms with Gasteiger partial charge in [-0.1, -0.05) is 24.3 Å². The van der Waals surface area contributed by atoms with Gasteiger partial charge in [0.25, 0.3) is 0 Å². The minimum absolute atomic E-state index is 0.00533. The van der Waals surface area contributed by atoms with E-state index in [0.29, 0.717) is 0 Å². The van der Waals surface area contributed by atoms with E-state index in [-0.39, 0.29) is 17.7 Å². The van der Waals surface area contributed by atoms with Crippen LogP contribution in [0, 0.1) is 30.6 Å². The van der Waals surface area contributed by atoms with Gasteiger partial charge in [0, 0.05) is 5.69 Å². The summed E-state index contributed by atoms with van der Waals surface area (Å²) in [6.07, 6.45) is 4.72. The van der Waals surface area contributed by atoms with Crippen molar-refractivity contribution >= 4 is 17.6 Å². The highest BCUT2D eigenvalue weighted by atomic mass is 16.4. The number of carbonyl (C=O) groups excluding carboxylic acids is 1. The molecule has 2 aliphatic rings. The second kappa shape index (κ2) is 4.78. The van der Waals surface area contributed by atoms with Crippen LogP contribution in [0.25, 0.3) is 0 Å². The number of hydrogen-bond donors (Lipinski definition) is 2. The molecule has 1 fully saturated rings. The maximum absolute atomic E-state index is 12.4. The van der Waals surface area contributed by atoms with E-state index in [1.165, 1.54) is 0 Å². The standard InChI is InChI=1S/C16H17NO3/c1-9-3-2-4-12(7-9)17-15(18)13-10-5-6-11(8-10)14(13)16(19)20/h2-7,10-11,13-14H,8H2,1H3,(H,17,18)(H,19,20)/t10-,11-,13+,14-/m0/s1. The molecule has 0 aliphatic heterocycles. The molecule has 0 heterocycles. The molecule has 4 heteroatoms. The fourth-order valence-corrected chi connectivity index (χ4v) is 3.46. The van der Waals surface area contributed by atoms with E-state index < -0.39 is 17.8 Å². The molecule has 3 rings (SSSR count). The number of amides is 1. The van der Waals surface area contributed by atoms with Crippen molar-refractivity contribution in [1.82, 2.24) is 0 Å². The smallest absolute Gasteiger partial charge is 0.307 e. The molecule has 4 nitrogen and oxygen atoms in total. The predicted octanol–water partition coefficient (Wildman–Crippen LogP) is 2.46. The lowest BCUT2D eigenvalue weighted by molar-refractivity contribution is -0.146. The zero-order valence-electron chi connectivity index (χ0n) is 11.2. The number of aryl methyl sites for hydroxylation is 1. The fraction of sp³-hybridized carbons (Fsp3) is 0.375. The third kappa shape index (κ3) is 2.11. The highest BCUT2D eigenvalue weighted by Gasteiger charge is 2.51. The summed E-state index contributed by atoms with van der Waals surface area (Å²) in [5.74, 6) is -2.03. The second-order valence-corrected chi connectivity index (χ2v) is 5.70. The number of carboxylic acid groups (broad SMARTS) is 1. The third-order valence-electron chi connectivity index (χ3n) is 4.33. The zero-order chi connectivity index (χ0) is 14.3. The molecular formula is C16H17NO3. The molecule has 2 N–H and O–H groups in total. The van der Waals surface area contributed by atoms with Crippen molar-refractivity contribution in [1.29, 1.82) is 0 Å². The molecule has 1 amide bonds. The van der Waals surface area contributed by atoms with Crippen molar-refractivity contribution in [2.45, 2.75) is 13.3 Å². The van der Waals surface area contributed by atoms with E-state index in [0.717, 1.165) is 17.7 Å². The Balaban J connectivity index is 1.80. The SMILES string of the molecule is Cc1cccc(NC(=O)[C@H]2[C@@H](C(=O)O)[C@H]3C=C[C@H]2C3)c1. The van der Waals surface area contributed by atoms with Crippen molar-refractivity contribution in [3.63, 3.8) is 0 Å². The number of hydrogen-bond acceptors (Lipinski definition) is 2. The lowest BCUT2D eigenvalue weighted by Crippen LogP contribution is -2.36. The molecule has 1 aromatic rings. The van der Waals surface area contributed by atoms with Crippen LogP contribution in [-0.4, -0.2) is 17.0 Å². The number of anilines is 1. The predicted molar refractivity (Wildman–Crippen MR) is 75.2 cm³/mol. The first-order valence-corrected chi connectivity index (χ1v) is 6.85. The molecule has 0 aromatic heterocycles. The lowest BCUT2D eigenvalue weighted by atomic mass is 9.82. The quantitative estimate of drug-likeness (QED) is 0.830. The van der Waals surface area contributed by atoms with E-state index in [4.69, 9.17) is 0 Å². The number of carboxylic acids is 1. The van der Waals surface area contributed by atoms with Gasteiger partial charge in [-0.2, -0.15) is 0 Å². The number of nitrogens with one attached hydrogen (secondary N) is 1. The average molecular weight is 271 g/mol. The Morgan fingerprint density at radius 2 is 1.90 bits per heavy atom. The van der Waals surface area contributed by atoms with Crippen molar-refractivity contribution in [3.8, 4) is 0 Å². The van der Waals surface area contributed by atoms with Crippen LogP contribution in [-0.2, 0) is 9.59 Å². The van der Waals surface area contributed by atoms with Crippen LogP contribution in [0.3, 0.4) is 0 Å².